The van der Waals surface area contributed by atoms with Crippen molar-refractivity contribution in [3.05, 3.63) is 35.9 Å². The van der Waals surface area contributed by atoms with Gasteiger partial charge in [-0.25, -0.2) is 0 Å². The molecule has 0 aliphatic rings. The highest BCUT2D eigenvalue weighted by atomic mass is 16.2. The lowest BCUT2D eigenvalue weighted by molar-refractivity contribution is -0.131. The van der Waals surface area contributed by atoms with Gasteiger partial charge in [0.1, 0.15) is 0 Å². The fourth-order valence-corrected chi connectivity index (χ4v) is 2.68. The zero-order chi connectivity index (χ0) is 18.9. The highest BCUT2D eigenvalue weighted by Gasteiger charge is 2.22. The van der Waals surface area contributed by atoms with Crippen LogP contribution in [0.2, 0.25) is 0 Å². The summed E-state index contributed by atoms with van der Waals surface area (Å²) in [4.78, 5) is 26.3. The number of carbonyl (C=O) groups excluding carboxylic acids is 2. The van der Waals surface area contributed by atoms with Gasteiger partial charge in [-0.3, -0.25) is 14.5 Å². The van der Waals surface area contributed by atoms with Gasteiger partial charge in [0.2, 0.25) is 11.8 Å². The molecule has 1 unspecified atom stereocenters. The Balaban J connectivity index is 2.57. The maximum Gasteiger partial charge on any atom is 0.239 e. The van der Waals surface area contributed by atoms with Gasteiger partial charge < -0.3 is 10.6 Å². The molecule has 2 amide bonds. The smallest absolute Gasteiger partial charge is 0.239 e. The molecule has 5 heteroatoms. The van der Waals surface area contributed by atoms with Crippen molar-refractivity contribution in [3.8, 4) is 0 Å². The number of benzene rings is 1. The number of likely N-dealkylation sites (N-methyl/N-ethyl adjacent to an activating group) is 1. The summed E-state index contributed by atoms with van der Waals surface area (Å²) in [6, 6.07) is 10.5. The summed E-state index contributed by atoms with van der Waals surface area (Å²) in [7, 11) is 0. The third kappa shape index (κ3) is 7.69. The van der Waals surface area contributed by atoms with Crippen LogP contribution in [0.15, 0.2) is 30.3 Å². The average molecular weight is 348 g/mol. The van der Waals surface area contributed by atoms with Crippen LogP contribution in [0.3, 0.4) is 0 Å². The molecule has 0 saturated heterocycles. The van der Waals surface area contributed by atoms with E-state index in [1.165, 1.54) is 5.56 Å². The molecule has 0 fully saturated rings. The number of hydrogen-bond donors (Lipinski definition) is 2. The molecule has 5 nitrogen and oxygen atoms in total. The predicted octanol–water partition coefficient (Wildman–Crippen LogP) is 2.22. The van der Waals surface area contributed by atoms with Gasteiger partial charge in [-0.2, -0.15) is 0 Å². The molecule has 0 saturated carbocycles. The Labute approximate surface area is 152 Å². The highest BCUT2D eigenvalue weighted by molar-refractivity contribution is 5.87. The van der Waals surface area contributed by atoms with E-state index < -0.39 is 5.41 Å². The van der Waals surface area contributed by atoms with E-state index in [4.69, 9.17) is 0 Å². The second kappa shape index (κ2) is 10.2. The molecule has 1 aromatic rings. The van der Waals surface area contributed by atoms with Gasteiger partial charge in [-0.05, 0) is 25.1 Å². The molecular formula is C20H33N3O2. The fourth-order valence-electron chi connectivity index (χ4n) is 2.68. The first kappa shape index (κ1) is 21.2. The zero-order valence-electron chi connectivity index (χ0n) is 16.3. The van der Waals surface area contributed by atoms with Gasteiger partial charge >= 0.3 is 0 Å². The van der Waals surface area contributed by atoms with E-state index >= 15 is 0 Å². The minimum atomic E-state index is -0.489. The average Bonchev–Trinajstić information content (AvgIpc) is 2.58. The molecule has 1 aromatic carbocycles. The van der Waals surface area contributed by atoms with Crippen molar-refractivity contribution in [2.24, 2.45) is 5.41 Å². The molecule has 1 rings (SSSR count). The second-order valence-electron chi connectivity index (χ2n) is 7.30. The standard InChI is InChI=1S/C20H33N3O2/c1-6-23(7-2)17(13-16-11-9-8-10-12-16)14-21-18(24)15-22-19(25)20(3,4)5/h8-12,17H,6-7,13-15H2,1-5H3,(H,21,24)(H,22,25). The van der Waals surface area contributed by atoms with Crippen molar-refractivity contribution in [1.29, 1.82) is 0 Å². The maximum atomic E-state index is 12.1. The van der Waals surface area contributed by atoms with Crippen LogP contribution in [0.1, 0.15) is 40.2 Å². The van der Waals surface area contributed by atoms with E-state index in [0.717, 1.165) is 19.5 Å². The van der Waals surface area contributed by atoms with Crippen molar-refractivity contribution < 1.29 is 9.59 Å². The van der Waals surface area contributed by atoms with Crippen molar-refractivity contribution in [2.75, 3.05) is 26.2 Å². The monoisotopic (exact) mass is 347 g/mol. The van der Waals surface area contributed by atoms with E-state index in [1.807, 2.05) is 39.0 Å². The summed E-state index contributed by atoms with van der Waals surface area (Å²) in [5, 5.41) is 5.65. The molecule has 140 valence electrons. The topological polar surface area (TPSA) is 61.4 Å². The Bertz CT molecular complexity index is 534. The molecule has 1 atom stereocenters. The molecule has 0 spiro atoms. The van der Waals surface area contributed by atoms with E-state index in [1.54, 1.807) is 0 Å². The van der Waals surface area contributed by atoms with Gasteiger partial charge in [0, 0.05) is 18.0 Å². The Kier molecular flexibility index (Phi) is 8.62. The van der Waals surface area contributed by atoms with Gasteiger partial charge in [-0.1, -0.05) is 65.0 Å². The van der Waals surface area contributed by atoms with Crippen LogP contribution in [0.25, 0.3) is 0 Å². The van der Waals surface area contributed by atoms with Crippen LogP contribution in [-0.4, -0.2) is 48.9 Å². The van der Waals surface area contributed by atoms with Crippen LogP contribution in [0, 0.1) is 5.41 Å². The molecule has 25 heavy (non-hydrogen) atoms. The van der Waals surface area contributed by atoms with Crippen molar-refractivity contribution in [1.82, 2.24) is 15.5 Å². The van der Waals surface area contributed by atoms with Gasteiger partial charge in [0.05, 0.1) is 6.54 Å². The molecule has 0 aliphatic carbocycles. The van der Waals surface area contributed by atoms with Gasteiger partial charge in [0.15, 0.2) is 0 Å². The quantitative estimate of drug-likeness (QED) is 0.720. The first-order chi connectivity index (χ1) is 11.8. The molecule has 0 aliphatic heterocycles. The molecule has 0 radical (unpaired) electrons. The Morgan fingerprint density at radius 3 is 2.16 bits per heavy atom. The summed E-state index contributed by atoms with van der Waals surface area (Å²) in [6.07, 6.45) is 0.886. The van der Waals surface area contributed by atoms with Gasteiger partial charge in [-0.15, -0.1) is 0 Å². The number of rotatable bonds is 9. The number of carbonyl (C=O) groups is 2. The number of nitrogens with zero attached hydrogens (tertiary/aromatic N) is 1. The van der Waals surface area contributed by atoms with Crippen LogP contribution in [0.5, 0.6) is 0 Å². The summed E-state index contributed by atoms with van der Waals surface area (Å²) in [6.45, 7) is 12.2. The SMILES string of the molecule is CCN(CC)C(CNC(=O)CNC(=O)C(C)(C)C)Cc1ccccc1. The lowest BCUT2D eigenvalue weighted by Crippen LogP contribution is -2.48. The third-order valence-corrected chi connectivity index (χ3v) is 4.27. The molecule has 0 bridgehead atoms. The minimum Gasteiger partial charge on any atom is -0.353 e. The van der Waals surface area contributed by atoms with Crippen LogP contribution in [-0.2, 0) is 16.0 Å². The molecule has 2 N–H and O–H groups in total. The van der Waals surface area contributed by atoms with Crippen LogP contribution >= 0.6 is 0 Å². The van der Waals surface area contributed by atoms with E-state index in [9.17, 15) is 9.59 Å². The number of nitrogens with one attached hydrogen (secondary N) is 2. The molecular weight excluding hydrogens is 314 g/mol. The Hall–Kier alpha value is -1.88. The summed E-state index contributed by atoms with van der Waals surface area (Å²) < 4.78 is 0. The van der Waals surface area contributed by atoms with Crippen molar-refractivity contribution in [2.45, 2.75) is 47.1 Å². The highest BCUT2D eigenvalue weighted by Crippen LogP contribution is 2.12. The second-order valence-corrected chi connectivity index (χ2v) is 7.30. The third-order valence-electron chi connectivity index (χ3n) is 4.27. The number of amides is 2. The van der Waals surface area contributed by atoms with E-state index in [0.29, 0.717) is 6.54 Å². The molecule has 0 heterocycles. The predicted molar refractivity (Wildman–Crippen MR) is 102 cm³/mol. The fraction of sp³-hybridized carbons (Fsp3) is 0.600. The molecule has 0 aromatic heterocycles. The normalized spacial score (nSPS) is 12.7. The van der Waals surface area contributed by atoms with Crippen molar-refractivity contribution in [3.63, 3.8) is 0 Å². The summed E-state index contributed by atoms with van der Waals surface area (Å²) >= 11 is 0. The van der Waals surface area contributed by atoms with Crippen LogP contribution in [0.4, 0.5) is 0 Å². The largest absolute Gasteiger partial charge is 0.353 e. The minimum absolute atomic E-state index is 0.0202. The number of hydrogen-bond acceptors (Lipinski definition) is 3. The Morgan fingerprint density at radius 1 is 1.04 bits per heavy atom. The summed E-state index contributed by atoms with van der Waals surface area (Å²) in [5.74, 6) is -0.268. The Morgan fingerprint density at radius 2 is 1.64 bits per heavy atom. The van der Waals surface area contributed by atoms with Crippen LogP contribution < -0.4 is 10.6 Å². The lowest BCUT2D eigenvalue weighted by Gasteiger charge is -2.30. The lowest BCUT2D eigenvalue weighted by atomic mass is 9.96. The summed E-state index contributed by atoms with van der Waals surface area (Å²) in [5.41, 5.74) is 0.770. The van der Waals surface area contributed by atoms with E-state index in [2.05, 4.69) is 41.5 Å². The first-order valence-electron chi connectivity index (χ1n) is 9.10. The van der Waals surface area contributed by atoms with E-state index in [-0.39, 0.29) is 24.4 Å². The van der Waals surface area contributed by atoms with Gasteiger partial charge in [0.25, 0.3) is 0 Å². The van der Waals surface area contributed by atoms with Crippen molar-refractivity contribution >= 4 is 11.8 Å². The maximum absolute atomic E-state index is 12.1. The first-order valence-corrected chi connectivity index (χ1v) is 9.10. The zero-order valence-corrected chi connectivity index (χ0v) is 16.3.